The first-order valence-corrected chi connectivity index (χ1v) is 10.2. The van der Waals surface area contributed by atoms with Gasteiger partial charge in [-0.05, 0) is 24.1 Å². The van der Waals surface area contributed by atoms with Gasteiger partial charge in [-0.3, -0.25) is 4.79 Å². The van der Waals surface area contributed by atoms with Crippen molar-refractivity contribution in [2.24, 2.45) is 0 Å². The second kappa shape index (κ2) is 9.20. The highest BCUT2D eigenvalue weighted by Gasteiger charge is 2.24. The van der Waals surface area contributed by atoms with Gasteiger partial charge in [-0.25, -0.2) is 8.42 Å². The Hall–Kier alpha value is -1.84. The number of methoxy groups -OCH3 is 2. The lowest BCUT2D eigenvalue weighted by Crippen LogP contribution is -2.47. The number of rotatable bonds is 8. The number of hydrogen-bond acceptors (Lipinski definition) is 6. The predicted octanol–water partition coefficient (Wildman–Crippen LogP) is 0.367. The topological polar surface area (TPSA) is 85.4 Å². The van der Waals surface area contributed by atoms with Gasteiger partial charge in [0.1, 0.15) is 0 Å². The molecule has 8 nitrogen and oxygen atoms in total. The summed E-state index contributed by atoms with van der Waals surface area (Å²) in [6.45, 7) is 2.00. The van der Waals surface area contributed by atoms with Crippen LogP contribution in [0.15, 0.2) is 18.2 Å². The molecule has 1 aliphatic heterocycles. The van der Waals surface area contributed by atoms with Crippen LogP contribution in [0.25, 0.3) is 0 Å². The molecule has 0 atom stereocenters. The van der Waals surface area contributed by atoms with Crippen molar-refractivity contribution in [3.05, 3.63) is 23.8 Å². The van der Waals surface area contributed by atoms with Crippen LogP contribution in [-0.2, 0) is 26.0 Å². The Kier molecular flexibility index (Phi) is 7.24. The summed E-state index contributed by atoms with van der Waals surface area (Å²) in [5.41, 5.74) is 0.898. The summed E-state index contributed by atoms with van der Waals surface area (Å²) in [5, 5.41) is 0. The summed E-state index contributed by atoms with van der Waals surface area (Å²) in [7, 11) is -0.396. The molecule has 0 aromatic heterocycles. The van der Waals surface area contributed by atoms with Crippen LogP contribution < -0.4 is 9.47 Å². The normalized spacial score (nSPS) is 15.2. The second-order valence-corrected chi connectivity index (χ2v) is 8.01. The van der Waals surface area contributed by atoms with Crippen LogP contribution in [0.2, 0.25) is 0 Å². The smallest absolute Gasteiger partial charge is 0.238 e. The van der Waals surface area contributed by atoms with Crippen molar-refractivity contribution in [2.45, 2.75) is 6.42 Å². The first kappa shape index (κ1) is 20.5. The molecule has 0 spiro atoms. The Morgan fingerprint density at radius 2 is 1.85 bits per heavy atom. The van der Waals surface area contributed by atoms with E-state index in [1.807, 2.05) is 12.1 Å². The van der Waals surface area contributed by atoms with Gasteiger partial charge in [-0.1, -0.05) is 6.07 Å². The lowest BCUT2D eigenvalue weighted by molar-refractivity contribution is -0.135. The molecular formula is C17H26N2O6S. The van der Waals surface area contributed by atoms with Crippen molar-refractivity contribution in [1.82, 2.24) is 9.21 Å². The highest BCUT2D eigenvalue weighted by atomic mass is 32.2. The van der Waals surface area contributed by atoms with E-state index in [0.717, 1.165) is 11.8 Å². The van der Waals surface area contributed by atoms with Crippen LogP contribution in [-0.4, -0.2) is 83.4 Å². The average molecular weight is 386 g/mol. The Bertz CT molecular complexity index is 716. The first-order chi connectivity index (χ1) is 12.3. The second-order valence-electron chi connectivity index (χ2n) is 6.03. The van der Waals surface area contributed by atoms with Gasteiger partial charge in [0.25, 0.3) is 0 Å². The molecule has 1 fully saturated rings. The third-order valence-electron chi connectivity index (χ3n) is 4.24. The summed E-state index contributed by atoms with van der Waals surface area (Å²) >= 11 is 0. The van der Waals surface area contributed by atoms with Crippen molar-refractivity contribution in [3.63, 3.8) is 0 Å². The lowest BCUT2D eigenvalue weighted by Gasteiger charge is -2.29. The standard InChI is InChI=1S/C17H26N2O6S/c1-23-15-5-4-14(12-16(15)24-2)6-7-19(26(3,21)22)13-17(20)18-8-10-25-11-9-18/h4-5,12H,6-11,13H2,1-3H3. The lowest BCUT2D eigenvalue weighted by atomic mass is 10.1. The van der Waals surface area contributed by atoms with Crippen molar-refractivity contribution in [1.29, 1.82) is 0 Å². The molecule has 9 heteroatoms. The van der Waals surface area contributed by atoms with Gasteiger partial charge in [0.2, 0.25) is 15.9 Å². The van der Waals surface area contributed by atoms with Gasteiger partial charge < -0.3 is 19.1 Å². The number of morpholine rings is 1. The maximum absolute atomic E-state index is 12.4. The van der Waals surface area contributed by atoms with Gasteiger partial charge in [0.05, 0.1) is 40.2 Å². The highest BCUT2D eigenvalue weighted by Crippen LogP contribution is 2.27. The van der Waals surface area contributed by atoms with Crippen LogP contribution in [0, 0.1) is 0 Å². The number of sulfonamides is 1. The number of hydrogen-bond donors (Lipinski definition) is 0. The van der Waals surface area contributed by atoms with E-state index >= 15 is 0 Å². The van der Waals surface area contributed by atoms with Gasteiger partial charge in [0, 0.05) is 19.6 Å². The summed E-state index contributed by atoms with van der Waals surface area (Å²) in [6, 6.07) is 5.44. The minimum absolute atomic E-state index is 0.161. The Balaban J connectivity index is 2.03. The summed E-state index contributed by atoms with van der Waals surface area (Å²) < 4.78 is 41.1. The van der Waals surface area contributed by atoms with E-state index in [1.54, 1.807) is 25.2 Å². The fourth-order valence-electron chi connectivity index (χ4n) is 2.72. The van der Waals surface area contributed by atoms with Crippen LogP contribution >= 0.6 is 0 Å². The number of carbonyl (C=O) groups is 1. The summed E-state index contributed by atoms with van der Waals surface area (Å²) in [5.74, 6) is 0.991. The fraction of sp³-hybridized carbons (Fsp3) is 0.588. The van der Waals surface area contributed by atoms with Crippen LogP contribution in [0.1, 0.15) is 5.56 Å². The molecule has 0 saturated carbocycles. The van der Waals surface area contributed by atoms with Crippen molar-refractivity contribution < 1.29 is 27.4 Å². The highest BCUT2D eigenvalue weighted by molar-refractivity contribution is 7.88. The predicted molar refractivity (Wildman–Crippen MR) is 97.1 cm³/mol. The molecule has 1 heterocycles. The molecule has 0 unspecified atom stereocenters. The molecule has 1 aromatic rings. The van der Waals surface area contributed by atoms with Crippen molar-refractivity contribution in [2.75, 3.05) is 59.9 Å². The van der Waals surface area contributed by atoms with E-state index in [4.69, 9.17) is 14.2 Å². The SMILES string of the molecule is COc1ccc(CCN(CC(=O)N2CCOCC2)S(C)(=O)=O)cc1OC. The zero-order valence-corrected chi connectivity index (χ0v) is 16.3. The molecule has 1 saturated heterocycles. The molecule has 0 bridgehead atoms. The minimum atomic E-state index is -3.50. The Morgan fingerprint density at radius 1 is 1.19 bits per heavy atom. The molecule has 1 aromatic carbocycles. The van der Waals surface area contributed by atoms with Crippen LogP contribution in [0.5, 0.6) is 11.5 Å². The van der Waals surface area contributed by atoms with E-state index in [2.05, 4.69) is 0 Å². The van der Waals surface area contributed by atoms with Gasteiger partial charge >= 0.3 is 0 Å². The largest absolute Gasteiger partial charge is 0.493 e. The van der Waals surface area contributed by atoms with Crippen molar-refractivity contribution >= 4 is 15.9 Å². The molecule has 26 heavy (non-hydrogen) atoms. The number of amides is 1. The van der Waals surface area contributed by atoms with E-state index < -0.39 is 10.0 Å². The van der Waals surface area contributed by atoms with Crippen LogP contribution in [0.4, 0.5) is 0 Å². The Morgan fingerprint density at radius 3 is 2.42 bits per heavy atom. The summed E-state index contributed by atoms with van der Waals surface area (Å²) in [4.78, 5) is 14.0. The average Bonchev–Trinajstić information content (AvgIpc) is 2.64. The molecule has 0 aliphatic carbocycles. The van der Waals surface area contributed by atoms with Crippen LogP contribution in [0.3, 0.4) is 0 Å². The minimum Gasteiger partial charge on any atom is -0.493 e. The van der Waals surface area contributed by atoms with E-state index in [1.165, 1.54) is 4.31 Å². The number of benzene rings is 1. The summed E-state index contributed by atoms with van der Waals surface area (Å²) in [6.07, 6.45) is 1.58. The van der Waals surface area contributed by atoms with Gasteiger partial charge in [-0.2, -0.15) is 4.31 Å². The van der Waals surface area contributed by atoms with Gasteiger partial charge in [-0.15, -0.1) is 0 Å². The number of carbonyl (C=O) groups excluding carboxylic acids is 1. The molecule has 1 amide bonds. The van der Waals surface area contributed by atoms with Crippen molar-refractivity contribution in [3.8, 4) is 11.5 Å². The first-order valence-electron chi connectivity index (χ1n) is 8.36. The maximum Gasteiger partial charge on any atom is 0.238 e. The zero-order chi connectivity index (χ0) is 19.2. The molecule has 2 rings (SSSR count). The molecule has 0 N–H and O–H groups in total. The number of ether oxygens (including phenoxy) is 3. The molecule has 146 valence electrons. The fourth-order valence-corrected chi connectivity index (χ4v) is 3.48. The molecule has 1 aliphatic rings. The maximum atomic E-state index is 12.4. The molecule has 0 radical (unpaired) electrons. The zero-order valence-electron chi connectivity index (χ0n) is 15.4. The third kappa shape index (κ3) is 5.58. The monoisotopic (exact) mass is 386 g/mol. The van der Waals surface area contributed by atoms with Gasteiger partial charge in [0.15, 0.2) is 11.5 Å². The number of nitrogens with zero attached hydrogens (tertiary/aromatic N) is 2. The third-order valence-corrected chi connectivity index (χ3v) is 5.49. The quantitative estimate of drug-likeness (QED) is 0.642. The Labute approximate surface area is 154 Å². The molecular weight excluding hydrogens is 360 g/mol. The van der Waals surface area contributed by atoms with E-state index in [-0.39, 0.29) is 19.0 Å². The van der Waals surface area contributed by atoms with E-state index in [0.29, 0.717) is 44.2 Å². The van der Waals surface area contributed by atoms with E-state index in [9.17, 15) is 13.2 Å².